The van der Waals surface area contributed by atoms with E-state index in [0.29, 0.717) is 4.90 Å². The highest BCUT2D eigenvalue weighted by Gasteiger charge is 2.16. The predicted molar refractivity (Wildman–Crippen MR) is 82.2 cm³/mol. The lowest BCUT2D eigenvalue weighted by Crippen LogP contribution is -2.06. The van der Waals surface area contributed by atoms with E-state index in [-0.39, 0.29) is 11.3 Å². The first-order valence-electron chi connectivity index (χ1n) is 6.35. The number of nitrogen functional groups attached to an aromatic ring is 1. The summed E-state index contributed by atoms with van der Waals surface area (Å²) in [5.74, 6) is -1.03. The zero-order valence-corrected chi connectivity index (χ0v) is 12.9. The molecule has 0 aliphatic carbocycles. The number of nitrogens with two attached hydrogens (primary N) is 1. The SMILES string of the molecule is COC(=O)c1cc(Sc2ccc(C)cc2C)c(F)cc1N. The van der Waals surface area contributed by atoms with Crippen molar-refractivity contribution in [2.24, 2.45) is 0 Å². The Labute approximate surface area is 127 Å². The van der Waals surface area contributed by atoms with Crippen LogP contribution in [0.4, 0.5) is 10.1 Å². The number of hydrogen-bond acceptors (Lipinski definition) is 4. The summed E-state index contributed by atoms with van der Waals surface area (Å²) in [4.78, 5) is 12.9. The second-order valence-electron chi connectivity index (χ2n) is 4.73. The second kappa shape index (κ2) is 6.18. The molecule has 0 radical (unpaired) electrons. The number of carbonyl (C=O) groups excluding carboxylic acids is 1. The van der Waals surface area contributed by atoms with Crippen LogP contribution in [0.5, 0.6) is 0 Å². The highest BCUT2D eigenvalue weighted by Crippen LogP contribution is 2.34. The largest absolute Gasteiger partial charge is 0.465 e. The van der Waals surface area contributed by atoms with E-state index in [1.165, 1.54) is 24.9 Å². The van der Waals surface area contributed by atoms with Crippen molar-refractivity contribution in [2.75, 3.05) is 12.8 Å². The average molecular weight is 305 g/mol. The van der Waals surface area contributed by atoms with Crippen LogP contribution in [-0.4, -0.2) is 13.1 Å². The molecule has 0 bridgehead atoms. The monoisotopic (exact) mass is 305 g/mol. The number of methoxy groups -OCH3 is 1. The quantitative estimate of drug-likeness (QED) is 0.689. The van der Waals surface area contributed by atoms with Gasteiger partial charge in [-0.05, 0) is 37.6 Å². The molecule has 2 aromatic carbocycles. The minimum Gasteiger partial charge on any atom is -0.465 e. The Balaban J connectivity index is 2.42. The molecular formula is C16H16FNO2S. The van der Waals surface area contributed by atoms with Gasteiger partial charge in [0.1, 0.15) is 5.82 Å². The van der Waals surface area contributed by atoms with Crippen LogP contribution < -0.4 is 5.73 Å². The van der Waals surface area contributed by atoms with E-state index in [1.807, 2.05) is 32.0 Å². The van der Waals surface area contributed by atoms with E-state index in [4.69, 9.17) is 5.73 Å². The molecule has 21 heavy (non-hydrogen) atoms. The van der Waals surface area contributed by atoms with Crippen molar-refractivity contribution in [3.63, 3.8) is 0 Å². The molecule has 0 aliphatic rings. The Morgan fingerprint density at radius 3 is 2.52 bits per heavy atom. The van der Waals surface area contributed by atoms with Crippen molar-refractivity contribution in [3.05, 3.63) is 52.8 Å². The zero-order valence-electron chi connectivity index (χ0n) is 12.1. The van der Waals surface area contributed by atoms with Crippen LogP contribution in [0, 0.1) is 19.7 Å². The fourth-order valence-corrected chi connectivity index (χ4v) is 2.89. The van der Waals surface area contributed by atoms with Gasteiger partial charge in [0.15, 0.2) is 0 Å². The van der Waals surface area contributed by atoms with Crippen molar-refractivity contribution in [1.29, 1.82) is 0 Å². The molecule has 0 saturated heterocycles. The molecule has 2 N–H and O–H groups in total. The number of hydrogen-bond donors (Lipinski definition) is 1. The fraction of sp³-hybridized carbons (Fsp3) is 0.188. The van der Waals surface area contributed by atoms with Gasteiger partial charge < -0.3 is 10.5 Å². The van der Waals surface area contributed by atoms with Gasteiger partial charge in [-0.1, -0.05) is 29.5 Å². The molecule has 0 amide bonds. The van der Waals surface area contributed by atoms with E-state index in [1.54, 1.807) is 0 Å². The zero-order chi connectivity index (χ0) is 15.6. The first kappa shape index (κ1) is 15.4. The summed E-state index contributed by atoms with van der Waals surface area (Å²) in [7, 11) is 1.27. The average Bonchev–Trinajstić information content (AvgIpc) is 2.43. The van der Waals surface area contributed by atoms with Crippen LogP contribution in [0.3, 0.4) is 0 Å². The molecule has 0 spiro atoms. The van der Waals surface area contributed by atoms with Gasteiger partial charge >= 0.3 is 5.97 Å². The van der Waals surface area contributed by atoms with Gasteiger partial charge in [-0.2, -0.15) is 0 Å². The molecule has 5 heteroatoms. The summed E-state index contributed by atoms with van der Waals surface area (Å²) in [6.07, 6.45) is 0. The van der Waals surface area contributed by atoms with E-state index >= 15 is 0 Å². The third kappa shape index (κ3) is 3.36. The number of rotatable bonds is 3. The number of benzene rings is 2. The summed E-state index contributed by atoms with van der Waals surface area (Å²) >= 11 is 1.26. The van der Waals surface area contributed by atoms with Crippen LogP contribution in [0.25, 0.3) is 0 Å². The van der Waals surface area contributed by atoms with E-state index in [0.717, 1.165) is 22.1 Å². The number of ether oxygens (including phenoxy) is 1. The maximum absolute atomic E-state index is 14.0. The van der Waals surface area contributed by atoms with Crippen molar-refractivity contribution in [1.82, 2.24) is 0 Å². The van der Waals surface area contributed by atoms with Gasteiger partial charge in [0.25, 0.3) is 0 Å². The standard InChI is InChI=1S/C16H16FNO2S/c1-9-4-5-14(10(2)6-9)21-15-7-11(16(19)20-3)13(18)8-12(15)17/h4-8H,18H2,1-3H3. The van der Waals surface area contributed by atoms with E-state index in [9.17, 15) is 9.18 Å². The van der Waals surface area contributed by atoms with Gasteiger partial charge in [0, 0.05) is 15.5 Å². The molecule has 0 heterocycles. The topological polar surface area (TPSA) is 52.3 Å². The Morgan fingerprint density at radius 1 is 1.19 bits per heavy atom. The molecule has 0 aromatic heterocycles. The van der Waals surface area contributed by atoms with Gasteiger partial charge in [-0.3, -0.25) is 0 Å². The first-order chi connectivity index (χ1) is 9.92. The number of halogens is 1. The van der Waals surface area contributed by atoms with Crippen LogP contribution >= 0.6 is 11.8 Å². The molecule has 0 aliphatic heterocycles. The lowest BCUT2D eigenvalue weighted by molar-refractivity contribution is 0.0601. The summed E-state index contributed by atoms with van der Waals surface area (Å²) < 4.78 is 18.7. The van der Waals surface area contributed by atoms with Crippen molar-refractivity contribution in [3.8, 4) is 0 Å². The van der Waals surface area contributed by atoms with Crippen LogP contribution in [-0.2, 0) is 4.74 Å². The van der Waals surface area contributed by atoms with E-state index in [2.05, 4.69) is 4.74 Å². The molecule has 0 saturated carbocycles. The maximum Gasteiger partial charge on any atom is 0.339 e. The fourth-order valence-electron chi connectivity index (χ4n) is 1.97. The Morgan fingerprint density at radius 2 is 1.90 bits per heavy atom. The summed E-state index contributed by atoms with van der Waals surface area (Å²) in [5.41, 5.74) is 8.10. The molecule has 0 atom stereocenters. The predicted octanol–water partition coefficient (Wildman–Crippen LogP) is 3.96. The third-order valence-corrected chi connectivity index (χ3v) is 4.27. The van der Waals surface area contributed by atoms with Gasteiger partial charge in [0.05, 0.1) is 12.7 Å². The number of carbonyl (C=O) groups is 1. The third-order valence-electron chi connectivity index (χ3n) is 3.06. The highest BCUT2D eigenvalue weighted by atomic mass is 32.2. The number of anilines is 1. The summed E-state index contributed by atoms with van der Waals surface area (Å²) in [6, 6.07) is 8.51. The lowest BCUT2D eigenvalue weighted by atomic mass is 10.2. The number of aryl methyl sites for hydroxylation is 2. The molecule has 0 unspecified atom stereocenters. The summed E-state index contributed by atoms with van der Waals surface area (Å²) in [5, 5.41) is 0. The minimum absolute atomic E-state index is 0.0735. The first-order valence-corrected chi connectivity index (χ1v) is 7.16. The molecule has 3 nitrogen and oxygen atoms in total. The molecule has 110 valence electrons. The lowest BCUT2D eigenvalue weighted by Gasteiger charge is -2.10. The van der Waals surface area contributed by atoms with Crippen molar-refractivity contribution in [2.45, 2.75) is 23.6 Å². The van der Waals surface area contributed by atoms with Gasteiger partial charge in [-0.15, -0.1) is 0 Å². The normalized spacial score (nSPS) is 10.5. The van der Waals surface area contributed by atoms with Gasteiger partial charge in [0.2, 0.25) is 0 Å². The van der Waals surface area contributed by atoms with Gasteiger partial charge in [-0.25, -0.2) is 9.18 Å². The Hall–Kier alpha value is -2.01. The summed E-state index contributed by atoms with van der Waals surface area (Å²) in [6.45, 7) is 3.96. The van der Waals surface area contributed by atoms with Crippen molar-refractivity contribution >= 4 is 23.4 Å². The van der Waals surface area contributed by atoms with Crippen LogP contribution in [0.2, 0.25) is 0 Å². The Kier molecular flexibility index (Phi) is 4.53. The van der Waals surface area contributed by atoms with Crippen LogP contribution in [0.1, 0.15) is 21.5 Å². The Bertz CT molecular complexity index is 701. The number of esters is 1. The molecular weight excluding hydrogens is 289 g/mol. The maximum atomic E-state index is 14.0. The molecule has 2 rings (SSSR count). The molecule has 2 aromatic rings. The van der Waals surface area contributed by atoms with Crippen LogP contribution in [0.15, 0.2) is 40.1 Å². The minimum atomic E-state index is -0.574. The van der Waals surface area contributed by atoms with E-state index < -0.39 is 11.8 Å². The molecule has 0 fully saturated rings. The van der Waals surface area contributed by atoms with Crippen molar-refractivity contribution < 1.29 is 13.9 Å². The smallest absolute Gasteiger partial charge is 0.339 e. The second-order valence-corrected chi connectivity index (χ2v) is 5.82. The highest BCUT2D eigenvalue weighted by molar-refractivity contribution is 7.99.